The molecule has 0 aliphatic rings. The summed E-state index contributed by atoms with van der Waals surface area (Å²) < 4.78 is 4.28. The monoisotopic (exact) mass is 249 g/mol. The SMILES string of the molecule is NC(CC(=O)O)C(=O)OC(CC(=O)O)C(=O)O. The Bertz CT molecular complexity index is 338. The van der Waals surface area contributed by atoms with Crippen LogP contribution in [0.5, 0.6) is 0 Å². The fraction of sp³-hybridized carbons (Fsp3) is 0.500. The van der Waals surface area contributed by atoms with E-state index in [1.165, 1.54) is 0 Å². The second-order valence-electron chi connectivity index (χ2n) is 3.07. The van der Waals surface area contributed by atoms with Gasteiger partial charge in [-0.15, -0.1) is 0 Å². The van der Waals surface area contributed by atoms with Crippen molar-refractivity contribution < 1.29 is 39.2 Å². The molecule has 9 heteroatoms. The van der Waals surface area contributed by atoms with Crippen molar-refractivity contribution in [2.75, 3.05) is 0 Å². The molecular weight excluding hydrogens is 238 g/mol. The molecule has 0 bridgehead atoms. The van der Waals surface area contributed by atoms with E-state index in [1.807, 2.05) is 0 Å². The van der Waals surface area contributed by atoms with Crippen LogP contribution in [0.15, 0.2) is 0 Å². The van der Waals surface area contributed by atoms with Crippen molar-refractivity contribution in [3.8, 4) is 0 Å². The molecule has 2 atom stereocenters. The lowest BCUT2D eigenvalue weighted by Gasteiger charge is -2.14. The number of hydrogen-bond acceptors (Lipinski definition) is 6. The van der Waals surface area contributed by atoms with Gasteiger partial charge in [-0.2, -0.15) is 0 Å². The first-order valence-corrected chi connectivity index (χ1v) is 4.36. The van der Waals surface area contributed by atoms with Crippen molar-refractivity contribution in [1.29, 1.82) is 0 Å². The van der Waals surface area contributed by atoms with Crippen molar-refractivity contribution in [1.82, 2.24) is 0 Å². The van der Waals surface area contributed by atoms with Crippen molar-refractivity contribution in [2.45, 2.75) is 25.0 Å². The summed E-state index contributed by atoms with van der Waals surface area (Å²) in [6, 6.07) is -1.54. The number of ether oxygens (including phenoxy) is 1. The summed E-state index contributed by atoms with van der Waals surface area (Å²) in [5, 5.41) is 25.2. The minimum Gasteiger partial charge on any atom is -0.481 e. The first-order valence-electron chi connectivity index (χ1n) is 4.36. The summed E-state index contributed by atoms with van der Waals surface area (Å²) in [5.74, 6) is -5.76. The Morgan fingerprint density at radius 1 is 1.00 bits per heavy atom. The maximum absolute atomic E-state index is 11.1. The molecule has 2 unspecified atom stereocenters. The third kappa shape index (κ3) is 6.10. The normalized spacial score (nSPS) is 13.5. The van der Waals surface area contributed by atoms with Crippen LogP contribution in [0, 0.1) is 0 Å². The van der Waals surface area contributed by atoms with Crippen molar-refractivity contribution in [3.63, 3.8) is 0 Å². The standard InChI is InChI=1S/C8H11NO8/c9-3(1-5(10)11)8(16)17-4(7(14)15)2-6(12)13/h3-4H,1-2,9H2,(H,10,11)(H,12,13)(H,14,15). The van der Waals surface area contributed by atoms with Gasteiger partial charge in [-0.25, -0.2) is 4.79 Å². The topological polar surface area (TPSA) is 164 Å². The van der Waals surface area contributed by atoms with Gasteiger partial charge in [-0.3, -0.25) is 14.4 Å². The van der Waals surface area contributed by atoms with E-state index in [1.54, 1.807) is 0 Å². The zero-order chi connectivity index (χ0) is 13.6. The van der Waals surface area contributed by atoms with Crippen LogP contribution < -0.4 is 5.73 Å². The van der Waals surface area contributed by atoms with Crippen LogP contribution in [0.2, 0.25) is 0 Å². The summed E-state index contributed by atoms with van der Waals surface area (Å²) in [5.41, 5.74) is 5.10. The van der Waals surface area contributed by atoms with Gasteiger partial charge in [0.2, 0.25) is 6.10 Å². The quantitative estimate of drug-likeness (QED) is 0.383. The number of aliphatic carboxylic acids is 3. The largest absolute Gasteiger partial charge is 0.481 e. The number of hydrogen-bond donors (Lipinski definition) is 4. The summed E-state index contributed by atoms with van der Waals surface area (Å²) in [4.78, 5) is 42.1. The van der Waals surface area contributed by atoms with Crippen LogP contribution >= 0.6 is 0 Å². The molecule has 0 heterocycles. The van der Waals surface area contributed by atoms with E-state index in [0.717, 1.165) is 0 Å². The highest BCUT2D eigenvalue weighted by atomic mass is 16.6. The number of rotatable bonds is 7. The molecule has 0 amide bonds. The van der Waals surface area contributed by atoms with E-state index >= 15 is 0 Å². The summed E-state index contributed by atoms with van der Waals surface area (Å²) in [6.45, 7) is 0. The minimum absolute atomic E-state index is 0.738. The van der Waals surface area contributed by atoms with Crippen LogP contribution in [-0.4, -0.2) is 51.3 Å². The molecule has 96 valence electrons. The lowest BCUT2D eigenvalue weighted by Crippen LogP contribution is -2.39. The molecule has 0 rings (SSSR count). The highest BCUT2D eigenvalue weighted by Gasteiger charge is 2.28. The average Bonchev–Trinajstić information content (AvgIpc) is 2.14. The Morgan fingerprint density at radius 2 is 1.47 bits per heavy atom. The molecule has 0 aromatic carbocycles. The molecule has 0 saturated carbocycles. The average molecular weight is 249 g/mol. The molecule has 17 heavy (non-hydrogen) atoms. The molecule has 0 aliphatic heterocycles. The summed E-state index contributed by atoms with van der Waals surface area (Å²) in [7, 11) is 0. The summed E-state index contributed by atoms with van der Waals surface area (Å²) in [6.07, 6.45) is -3.56. The second kappa shape index (κ2) is 6.43. The van der Waals surface area contributed by atoms with Crippen LogP contribution in [0.3, 0.4) is 0 Å². The third-order valence-electron chi connectivity index (χ3n) is 1.59. The van der Waals surface area contributed by atoms with E-state index < -0.39 is 48.9 Å². The zero-order valence-electron chi connectivity index (χ0n) is 8.53. The molecular formula is C8H11NO8. The number of carboxylic acids is 3. The van der Waals surface area contributed by atoms with Gasteiger partial charge in [-0.05, 0) is 0 Å². The highest BCUT2D eigenvalue weighted by molar-refractivity contribution is 5.86. The Balaban J connectivity index is 4.44. The maximum Gasteiger partial charge on any atom is 0.345 e. The van der Waals surface area contributed by atoms with Gasteiger partial charge in [0.15, 0.2) is 0 Å². The van der Waals surface area contributed by atoms with Crippen molar-refractivity contribution in [2.24, 2.45) is 5.73 Å². The van der Waals surface area contributed by atoms with Crippen LogP contribution in [0.25, 0.3) is 0 Å². The molecule has 0 aliphatic carbocycles. The van der Waals surface area contributed by atoms with E-state index in [-0.39, 0.29) is 0 Å². The number of esters is 1. The molecule has 0 saturated heterocycles. The fourth-order valence-electron chi connectivity index (χ4n) is 0.837. The Kier molecular flexibility index (Phi) is 5.61. The first-order chi connectivity index (χ1) is 7.73. The van der Waals surface area contributed by atoms with Crippen molar-refractivity contribution in [3.05, 3.63) is 0 Å². The smallest absolute Gasteiger partial charge is 0.345 e. The molecule has 0 aromatic rings. The van der Waals surface area contributed by atoms with E-state index in [0.29, 0.717) is 0 Å². The molecule has 0 spiro atoms. The Morgan fingerprint density at radius 3 is 1.82 bits per heavy atom. The highest BCUT2D eigenvalue weighted by Crippen LogP contribution is 2.03. The van der Waals surface area contributed by atoms with Gasteiger partial charge in [0, 0.05) is 0 Å². The maximum atomic E-state index is 11.1. The van der Waals surface area contributed by atoms with E-state index in [4.69, 9.17) is 21.1 Å². The lowest BCUT2D eigenvalue weighted by atomic mass is 10.2. The lowest BCUT2D eigenvalue weighted by molar-refractivity contribution is -0.168. The second-order valence-corrected chi connectivity index (χ2v) is 3.07. The van der Waals surface area contributed by atoms with Gasteiger partial charge in [0.05, 0.1) is 12.8 Å². The third-order valence-corrected chi connectivity index (χ3v) is 1.59. The van der Waals surface area contributed by atoms with Gasteiger partial charge < -0.3 is 25.8 Å². The molecule has 9 nitrogen and oxygen atoms in total. The molecule has 0 radical (unpaired) electrons. The Labute approximate surface area is 94.8 Å². The minimum atomic E-state index is -1.89. The van der Waals surface area contributed by atoms with E-state index in [2.05, 4.69) is 4.74 Å². The predicted octanol–water partition coefficient (Wildman–Crippen LogP) is -1.74. The number of carboxylic acid groups (broad SMARTS) is 3. The number of carbonyl (C=O) groups is 4. The molecule has 0 fully saturated rings. The predicted molar refractivity (Wildman–Crippen MR) is 50.0 cm³/mol. The first kappa shape index (κ1) is 14.8. The van der Waals surface area contributed by atoms with Crippen LogP contribution in [0.4, 0.5) is 0 Å². The summed E-state index contributed by atoms with van der Waals surface area (Å²) >= 11 is 0. The van der Waals surface area contributed by atoms with Gasteiger partial charge in [-0.1, -0.05) is 0 Å². The molecule has 5 N–H and O–H groups in total. The number of nitrogens with two attached hydrogens (primary N) is 1. The van der Waals surface area contributed by atoms with Gasteiger partial charge in [0.25, 0.3) is 0 Å². The Hall–Kier alpha value is -2.16. The zero-order valence-corrected chi connectivity index (χ0v) is 8.53. The fourth-order valence-corrected chi connectivity index (χ4v) is 0.837. The van der Waals surface area contributed by atoms with E-state index in [9.17, 15) is 19.2 Å². The van der Waals surface area contributed by atoms with Crippen molar-refractivity contribution >= 4 is 23.9 Å². The van der Waals surface area contributed by atoms with Crippen LogP contribution in [-0.2, 0) is 23.9 Å². The number of carbonyl (C=O) groups excluding carboxylic acids is 1. The van der Waals surface area contributed by atoms with Gasteiger partial charge in [0.1, 0.15) is 6.04 Å². The molecule has 0 aromatic heterocycles. The van der Waals surface area contributed by atoms with Crippen LogP contribution in [0.1, 0.15) is 12.8 Å². The van der Waals surface area contributed by atoms with Gasteiger partial charge >= 0.3 is 23.9 Å².